The smallest absolute Gasteiger partial charge is 0.386 e. The summed E-state index contributed by atoms with van der Waals surface area (Å²) < 4.78 is 39.1. The monoisotopic (exact) mass is 284 g/mol. The molecule has 2 nitrogen and oxygen atoms in total. The van der Waals surface area contributed by atoms with Crippen LogP contribution in [-0.2, 0) is 4.74 Å². The fourth-order valence-corrected chi connectivity index (χ4v) is 1.56. The van der Waals surface area contributed by atoms with Gasteiger partial charge in [-0.1, -0.05) is 34.1 Å². The summed E-state index contributed by atoms with van der Waals surface area (Å²) in [5.74, 6) is 0. The summed E-state index contributed by atoms with van der Waals surface area (Å²) >= 11 is 3.12. The molecule has 15 heavy (non-hydrogen) atoms. The van der Waals surface area contributed by atoms with Crippen molar-refractivity contribution in [3.63, 3.8) is 0 Å². The molecule has 0 fully saturated rings. The van der Waals surface area contributed by atoms with Crippen molar-refractivity contribution < 1.29 is 23.0 Å². The predicted octanol–water partition coefficient (Wildman–Crippen LogP) is 3.02. The highest BCUT2D eigenvalue weighted by Gasteiger charge is 2.30. The Morgan fingerprint density at radius 2 is 1.93 bits per heavy atom. The molecule has 1 aromatic carbocycles. The fourth-order valence-electron chi connectivity index (χ4n) is 1.01. The van der Waals surface area contributed by atoms with E-state index in [0.717, 1.165) is 0 Å². The first kappa shape index (κ1) is 12.5. The average Bonchev–Trinajstić information content (AvgIpc) is 2.14. The van der Waals surface area contributed by atoms with Crippen molar-refractivity contribution in [1.82, 2.24) is 0 Å². The Balaban J connectivity index is 2.62. The molecule has 0 saturated carbocycles. The standard InChI is InChI=1S/C9H8BrF3O2/c10-7-4-2-1-3-6(7)8(14)5-15-9(11,12)13/h1-4,8,14H,5H2/t8-/m0/s1. The Morgan fingerprint density at radius 1 is 1.33 bits per heavy atom. The Kier molecular flexibility index (Phi) is 4.12. The molecule has 1 aromatic rings. The number of rotatable bonds is 3. The van der Waals surface area contributed by atoms with Gasteiger partial charge in [0.25, 0.3) is 0 Å². The second-order valence-electron chi connectivity index (χ2n) is 2.79. The molecule has 0 aliphatic rings. The Labute approximate surface area is 92.8 Å². The Hall–Kier alpha value is -0.590. The van der Waals surface area contributed by atoms with E-state index in [0.29, 0.717) is 10.0 Å². The molecule has 0 aromatic heterocycles. The van der Waals surface area contributed by atoms with Crippen molar-refractivity contribution >= 4 is 15.9 Å². The molecule has 84 valence electrons. The Morgan fingerprint density at radius 3 is 2.47 bits per heavy atom. The first-order valence-corrected chi connectivity index (χ1v) is 4.82. The minimum Gasteiger partial charge on any atom is -0.386 e. The van der Waals surface area contributed by atoms with Gasteiger partial charge in [0.15, 0.2) is 0 Å². The van der Waals surface area contributed by atoms with E-state index in [-0.39, 0.29) is 0 Å². The normalized spacial score (nSPS) is 13.9. The summed E-state index contributed by atoms with van der Waals surface area (Å²) in [6.07, 6.45) is -6.02. The van der Waals surface area contributed by atoms with Crippen LogP contribution in [-0.4, -0.2) is 18.1 Å². The van der Waals surface area contributed by atoms with Crippen LogP contribution in [0.15, 0.2) is 28.7 Å². The SMILES string of the molecule is O[C@@H](COC(F)(F)F)c1ccccc1Br. The summed E-state index contributed by atoms with van der Waals surface area (Å²) in [7, 11) is 0. The molecule has 1 rings (SSSR count). The molecule has 0 amide bonds. The van der Waals surface area contributed by atoms with Gasteiger partial charge in [0, 0.05) is 4.47 Å². The van der Waals surface area contributed by atoms with Crippen LogP contribution >= 0.6 is 15.9 Å². The molecular weight excluding hydrogens is 277 g/mol. The number of halogens is 4. The highest BCUT2D eigenvalue weighted by Crippen LogP contribution is 2.25. The van der Waals surface area contributed by atoms with Gasteiger partial charge in [-0.25, -0.2) is 0 Å². The molecule has 1 N–H and O–H groups in total. The summed E-state index contributed by atoms with van der Waals surface area (Å²) in [4.78, 5) is 0. The second kappa shape index (κ2) is 4.96. The van der Waals surface area contributed by atoms with Crippen LogP contribution in [0, 0.1) is 0 Å². The van der Waals surface area contributed by atoms with Crippen LogP contribution in [0.25, 0.3) is 0 Å². The lowest BCUT2D eigenvalue weighted by molar-refractivity contribution is -0.331. The summed E-state index contributed by atoms with van der Waals surface area (Å²) in [6, 6.07) is 6.47. The van der Waals surface area contributed by atoms with Gasteiger partial charge in [-0.05, 0) is 11.6 Å². The van der Waals surface area contributed by atoms with Gasteiger partial charge in [-0.2, -0.15) is 0 Å². The van der Waals surface area contributed by atoms with Crippen molar-refractivity contribution in [2.24, 2.45) is 0 Å². The molecule has 1 atom stereocenters. The number of hydrogen-bond acceptors (Lipinski definition) is 2. The van der Waals surface area contributed by atoms with E-state index in [1.807, 2.05) is 0 Å². The zero-order valence-electron chi connectivity index (χ0n) is 7.46. The van der Waals surface area contributed by atoms with Gasteiger partial charge in [0.2, 0.25) is 0 Å². The van der Waals surface area contributed by atoms with Crippen molar-refractivity contribution in [3.8, 4) is 0 Å². The maximum absolute atomic E-state index is 11.7. The maximum Gasteiger partial charge on any atom is 0.522 e. The molecule has 0 unspecified atom stereocenters. The zero-order chi connectivity index (χ0) is 11.5. The number of aliphatic hydroxyl groups is 1. The predicted molar refractivity (Wildman–Crippen MR) is 51.1 cm³/mol. The summed E-state index contributed by atoms with van der Waals surface area (Å²) in [5, 5.41) is 9.41. The molecule has 6 heteroatoms. The van der Waals surface area contributed by atoms with Crippen LogP contribution in [0.2, 0.25) is 0 Å². The summed E-state index contributed by atoms with van der Waals surface area (Å²) in [6.45, 7) is -0.813. The number of aliphatic hydroxyl groups excluding tert-OH is 1. The van der Waals surface area contributed by atoms with Crippen LogP contribution in [0.5, 0.6) is 0 Å². The van der Waals surface area contributed by atoms with Gasteiger partial charge < -0.3 is 5.11 Å². The van der Waals surface area contributed by atoms with E-state index in [2.05, 4.69) is 20.7 Å². The first-order chi connectivity index (χ1) is 6.90. The molecule has 0 radical (unpaired) electrons. The average molecular weight is 285 g/mol. The van der Waals surface area contributed by atoms with Gasteiger partial charge in [0.1, 0.15) is 6.10 Å². The first-order valence-electron chi connectivity index (χ1n) is 4.03. The van der Waals surface area contributed by atoms with Crippen molar-refractivity contribution in [1.29, 1.82) is 0 Å². The second-order valence-corrected chi connectivity index (χ2v) is 3.65. The third kappa shape index (κ3) is 4.19. The van der Waals surface area contributed by atoms with Gasteiger partial charge >= 0.3 is 6.36 Å². The Bertz CT molecular complexity index is 327. The third-order valence-electron chi connectivity index (χ3n) is 1.67. The maximum atomic E-state index is 11.7. The highest BCUT2D eigenvalue weighted by atomic mass is 79.9. The van der Waals surface area contributed by atoms with Crippen molar-refractivity contribution in [2.45, 2.75) is 12.5 Å². The van der Waals surface area contributed by atoms with E-state index in [4.69, 9.17) is 0 Å². The van der Waals surface area contributed by atoms with E-state index < -0.39 is 19.1 Å². The number of alkyl halides is 3. The summed E-state index contributed by atoms with van der Waals surface area (Å²) in [5.41, 5.74) is 0.363. The molecule has 0 spiro atoms. The molecule has 0 saturated heterocycles. The topological polar surface area (TPSA) is 29.5 Å². The van der Waals surface area contributed by atoms with E-state index in [1.165, 1.54) is 6.07 Å². The van der Waals surface area contributed by atoms with E-state index in [1.54, 1.807) is 18.2 Å². The van der Waals surface area contributed by atoms with Gasteiger partial charge in [-0.3, -0.25) is 4.74 Å². The largest absolute Gasteiger partial charge is 0.522 e. The number of benzene rings is 1. The molecular formula is C9H8BrF3O2. The van der Waals surface area contributed by atoms with Crippen molar-refractivity contribution in [2.75, 3.05) is 6.61 Å². The lowest BCUT2D eigenvalue weighted by Gasteiger charge is -2.14. The molecule has 0 bridgehead atoms. The van der Waals surface area contributed by atoms with E-state index in [9.17, 15) is 18.3 Å². The minimum atomic E-state index is -4.72. The van der Waals surface area contributed by atoms with Crippen LogP contribution in [0.4, 0.5) is 13.2 Å². The lowest BCUT2D eigenvalue weighted by atomic mass is 10.1. The minimum absolute atomic E-state index is 0.363. The number of ether oxygens (including phenoxy) is 1. The molecule has 0 aliphatic carbocycles. The third-order valence-corrected chi connectivity index (χ3v) is 2.39. The van der Waals surface area contributed by atoms with Gasteiger partial charge in [0.05, 0.1) is 6.61 Å². The zero-order valence-corrected chi connectivity index (χ0v) is 9.05. The van der Waals surface area contributed by atoms with Gasteiger partial charge in [-0.15, -0.1) is 13.2 Å². The van der Waals surface area contributed by atoms with E-state index >= 15 is 0 Å². The highest BCUT2D eigenvalue weighted by molar-refractivity contribution is 9.10. The number of hydrogen-bond donors (Lipinski definition) is 1. The fraction of sp³-hybridized carbons (Fsp3) is 0.333. The lowest BCUT2D eigenvalue weighted by Crippen LogP contribution is -2.18. The molecule has 0 aliphatic heterocycles. The van der Waals surface area contributed by atoms with Crippen molar-refractivity contribution in [3.05, 3.63) is 34.3 Å². The van der Waals surface area contributed by atoms with Crippen LogP contribution in [0.1, 0.15) is 11.7 Å². The quantitative estimate of drug-likeness (QED) is 0.925. The van der Waals surface area contributed by atoms with Crippen LogP contribution < -0.4 is 0 Å². The molecule has 0 heterocycles. The van der Waals surface area contributed by atoms with Crippen LogP contribution in [0.3, 0.4) is 0 Å².